The van der Waals surface area contributed by atoms with E-state index in [4.69, 9.17) is 5.11 Å². The molecule has 0 unspecified atom stereocenters. The van der Waals surface area contributed by atoms with Gasteiger partial charge in [0.15, 0.2) is 0 Å². The van der Waals surface area contributed by atoms with Gasteiger partial charge in [0.05, 0.1) is 5.41 Å². The highest BCUT2D eigenvalue weighted by Crippen LogP contribution is 2.20. The Labute approximate surface area is 66.5 Å². The third-order valence-corrected chi connectivity index (χ3v) is 1.67. The highest BCUT2D eigenvalue weighted by atomic mass is 16.7. The maximum absolute atomic E-state index is 11.1. The maximum Gasteiger partial charge on any atom is 0.330 e. The molecular formula is C7H15NO3. The van der Waals surface area contributed by atoms with Crippen LogP contribution < -0.4 is 5.48 Å². The molecule has 66 valence electrons. The lowest BCUT2D eigenvalue weighted by molar-refractivity contribution is -0.164. The van der Waals surface area contributed by atoms with Gasteiger partial charge < -0.3 is 9.94 Å². The first-order valence-corrected chi connectivity index (χ1v) is 3.59. The van der Waals surface area contributed by atoms with Gasteiger partial charge in [0.2, 0.25) is 0 Å². The van der Waals surface area contributed by atoms with Gasteiger partial charge in [-0.15, -0.1) is 5.48 Å². The zero-order valence-electron chi connectivity index (χ0n) is 7.18. The number of nitrogens with one attached hydrogen (secondary N) is 1. The molecule has 11 heavy (non-hydrogen) atoms. The van der Waals surface area contributed by atoms with E-state index in [2.05, 4.69) is 10.3 Å². The lowest BCUT2D eigenvalue weighted by atomic mass is 9.91. The Morgan fingerprint density at radius 2 is 2.18 bits per heavy atom. The Morgan fingerprint density at radius 3 is 2.55 bits per heavy atom. The van der Waals surface area contributed by atoms with Crippen molar-refractivity contribution >= 4 is 5.97 Å². The van der Waals surface area contributed by atoms with Gasteiger partial charge in [-0.25, -0.2) is 4.79 Å². The number of aliphatic hydroxyl groups is 1. The predicted octanol–water partition coefficient (Wildman–Crippen LogP) is 0.420. The Hall–Kier alpha value is -0.610. The molecule has 2 N–H and O–H groups in total. The summed E-state index contributed by atoms with van der Waals surface area (Å²) in [4.78, 5) is 15.6. The fraction of sp³-hybridized carbons (Fsp3) is 0.857. The minimum Gasteiger partial charge on any atom is -0.378 e. The molecule has 0 aliphatic carbocycles. The maximum atomic E-state index is 11.1. The molecule has 0 aromatic rings. The van der Waals surface area contributed by atoms with Crippen LogP contribution in [0, 0.1) is 5.41 Å². The summed E-state index contributed by atoms with van der Waals surface area (Å²) in [5.74, 6) is -0.353. The van der Waals surface area contributed by atoms with Crippen LogP contribution in [-0.2, 0) is 9.63 Å². The molecule has 0 atom stereocenters. The van der Waals surface area contributed by atoms with E-state index in [9.17, 15) is 4.79 Å². The van der Waals surface area contributed by atoms with Crippen molar-refractivity contribution in [2.75, 3.05) is 6.73 Å². The third kappa shape index (κ3) is 3.34. The molecule has 0 radical (unpaired) electrons. The molecule has 0 heterocycles. The van der Waals surface area contributed by atoms with Crippen LogP contribution in [-0.4, -0.2) is 17.8 Å². The standard InChI is InChI=1S/C7H15NO3/c1-4-7(2,3)6(10)11-8-5-9/h8-9H,4-5H2,1-3H3. The van der Waals surface area contributed by atoms with Crippen molar-refractivity contribution in [1.29, 1.82) is 0 Å². The van der Waals surface area contributed by atoms with E-state index in [1.54, 1.807) is 13.8 Å². The molecule has 0 aromatic carbocycles. The van der Waals surface area contributed by atoms with Gasteiger partial charge in [-0.2, -0.15) is 0 Å². The molecule has 0 rings (SSSR count). The molecule has 4 nitrogen and oxygen atoms in total. The lowest BCUT2D eigenvalue weighted by Gasteiger charge is -2.19. The minimum absolute atomic E-state index is 0.353. The van der Waals surface area contributed by atoms with Crippen LogP contribution >= 0.6 is 0 Å². The van der Waals surface area contributed by atoms with Crippen LogP contribution in [0.5, 0.6) is 0 Å². The first kappa shape index (κ1) is 10.4. The molecular weight excluding hydrogens is 146 g/mol. The van der Waals surface area contributed by atoms with Crippen molar-refractivity contribution in [3.05, 3.63) is 0 Å². The zero-order valence-corrected chi connectivity index (χ0v) is 7.18. The van der Waals surface area contributed by atoms with Crippen molar-refractivity contribution in [2.24, 2.45) is 5.41 Å². The second-order valence-electron chi connectivity index (χ2n) is 2.93. The first-order chi connectivity index (χ1) is 5.04. The van der Waals surface area contributed by atoms with Gasteiger partial charge in [0, 0.05) is 0 Å². The van der Waals surface area contributed by atoms with Crippen LogP contribution in [0.15, 0.2) is 0 Å². The Kier molecular flexibility index (Phi) is 4.07. The highest BCUT2D eigenvalue weighted by Gasteiger charge is 2.27. The lowest BCUT2D eigenvalue weighted by Crippen LogP contribution is -2.31. The summed E-state index contributed by atoms with van der Waals surface area (Å²) < 4.78 is 0. The Balaban J connectivity index is 3.82. The average Bonchev–Trinajstić information content (AvgIpc) is 2.00. The average molecular weight is 161 g/mol. The normalized spacial score (nSPS) is 11.3. The van der Waals surface area contributed by atoms with Crippen LogP contribution in [0.3, 0.4) is 0 Å². The van der Waals surface area contributed by atoms with Crippen molar-refractivity contribution in [3.8, 4) is 0 Å². The number of carbonyl (C=O) groups excluding carboxylic acids is 1. The second-order valence-corrected chi connectivity index (χ2v) is 2.93. The second kappa shape index (κ2) is 4.31. The molecule has 0 aliphatic heterocycles. The van der Waals surface area contributed by atoms with Crippen LogP contribution in [0.2, 0.25) is 0 Å². The zero-order chi connectivity index (χ0) is 8.91. The monoisotopic (exact) mass is 161 g/mol. The minimum atomic E-state index is -0.484. The van der Waals surface area contributed by atoms with Gasteiger partial charge in [-0.05, 0) is 20.3 Å². The molecule has 0 bridgehead atoms. The van der Waals surface area contributed by atoms with Gasteiger partial charge in [-0.3, -0.25) is 0 Å². The van der Waals surface area contributed by atoms with Crippen LogP contribution in [0.4, 0.5) is 0 Å². The highest BCUT2D eigenvalue weighted by molar-refractivity contribution is 5.75. The number of hydroxylamine groups is 1. The quantitative estimate of drug-likeness (QED) is 0.463. The molecule has 0 saturated carbocycles. The summed E-state index contributed by atoms with van der Waals surface area (Å²) >= 11 is 0. The van der Waals surface area contributed by atoms with Crippen molar-refractivity contribution in [1.82, 2.24) is 5.48 Å². The topological polar surface area (TPSA) is 58.6 Å². The Morgan fingerprint density at radius 1 is 1.64 bits per heavy atom. The summed E-state index contributed by atoms with van der Waals surface area (Å²) in [6.45, 7) is 5.12. The Bertz CT molecular complexity index is 134. The molecule has 0 aromatic heterocycles. The van der Waals surface area contributed by atoms with Gasteiger partial charge in [-0.1, -0.05) is 6.92 Å². The predicted molar refractivity (Wildman–Crippen MR) is 40.4 cm³/mol. The van der Waals surface area contributed by atoms with E-state index in [1.807, 2.05) is 6.92 Å². The summed E-state index contributed by atoms with van der Waals surface area (Å²) in [5, 5.41) is 8.27. The SMILES string of the molecule is CCC(C)(C)C(=O)ONCO. The number of carbonyl (C=O) groups is 1. The first-order valence-electron chi connectivity index (χ1n) is 3.59. The van der Waals surface area contributed by atoms with Crippen molar-refractivity contribution in [3.63, 3.8) is 0 Å². The van der Waals surface area contributed by atoms with Gasteiger partial charge in [0.25, 0.3) is 0 Å². The smallest absolute Gasteiger partial charge is 0.330 e. The fourth-order valence-electron chi connectivity index (χ4n) is 0.380. The van der Waals surface area contributed by atoms with Crippen molar-refractivity contribution < 1.29 is 14.7 Å². The number of hydrogen-bond acceptors (Lipinski definition) is 4. The molecule has 0 spiro atoms. The van der Waals surface area contributed by atoms with Crippen LogP contribution in [0.25, 0.3) is 0 Å². The summed E-state index contributed by atoms with van der Waals surface area (Å²) in [5.41, 5.74) is 1.61. The molecule has 0 amide bonds. The van der Waals surface area contributed by atoms with E-state index in [0.29, 0.717) is 6.42 Å². The summed E-state index contributed by atoms with van der Waals surface area (Å²) in [6.07, 6.45) is 0.707. The van der Waals surface area contributed by atoms with E-state index in [-0.39, 0.29) is 12.7 Å². The van der Waals surface area contributed by atoms with E-state index in [1.165, 1.54) is 0 Å². The van der Waals surface area contributed by atoms with E-state index < -0.39 is 5.41 Å². The largest absolute Gasteiger partial charge is 0.378 e. The molecule has 0 saturated heterocycles. The van der Waals surface area contributed by atoms with E-state index in [0.717, 1.165) is 0 Å². The van der Waals surface area contributed by atoms with Gasteiger partial charge in [0.1, 0.15) is 6.73 Å². The molecule has 4 heteroatoms. The molecule has 0 aliphatic rings. The number of aliphatic hydroxyl groups excluding tert-OH is 1. The van der Waals surface area contributed by atoms with Crippen molar-refractivity contribution in [2.45, 2.75) is 27.2 Å². The van der Waals surface area contributed by atoms with Crippen LogP contribution in [0.1, 0.15) is 27.2 Å². The fourth-order valence-corrected chi connectivity index (χ4v) is 0.380. The summed E-state index contributed by atoms with van der Waals surface area (Å²) in [6, 6.07) is 0. The summed E-state index contributed by atoms with van der Waals surface area (Å²) in [7, 11) is 0. The number of rotatable bonds is 4. The van der Waals surface area contributed by atoms with Gasteiger partial charge >= 0.3 is 5.97 Å². The third-order valence-electron chi connectivity index (χ3n) is 1.67. The van der Waals surface area contributed by atoms with E-state index >= 15 is 0 Å². The molecule has 0 fully saturated rings. The number of hydrogen-bond donors (Lipinski definition) is 2.